The van der Waals surface area contributed by atoms with E-state index in [0.717, 1.165) is 45.5 Å². The van der Waals surface area contributed by atoms with Crippen LogP contribution in [0.5, 0.6) is 0 Å². The minimum absolute atomic E-state index is 0.343. The summed E-state index contributed by atoms with van der Waals surface area (Å²) in [7, 11) is 0. The van der Waals surface area contributed by atoms with Gasteiger partial charge in [-0.3, -0.25) is 0 Å². The summed E-state index contributed by atoms with van der Waals surface area (Å²) in [6, 6.07) is 0. The minimum Gasteiger partial charge on any atom is -0.390 e. The summed E-state index contributed by atoms with van der Waals surface area (Å²) in [4.78, 5) is 2.49. The van der Waals surface area contributed by atoms with Gasteiger partial charge in [0.2, 0.25) is 0 Å². The van der Waals surface area contributed by atoms with Crippen molar-refractivity contribution in [2.75, 3.05) is 26.2 Å². The van der Waals surface area contributed by atoms with E-state index in [0.29, 0.717) is 12.0 Å². The first kappa shape index (κ1) is 14.9. The fourth-order valence-corrected chi connectivity index (χ4v) is 2.47. The molecule has 1 aliphatic rings. The second kappa shape index (κ2) is 6.72. The number of rotatable bonds is 6. The summed E-state index contributed by atoms with van der Waals surface area (Å²) in [6.07, 6.45) is 3.70. The summed E-state index contributed by atoms with van der Waals surface area (Å²) < 4.78 is 5.54. The van der Waals surface area contributed by atoms with Gasteiger partial charge in [0.05, 0.1) is 11.7 Å². The molecule has 3 heteroatoms. The lowest BCUT2D eigenvalue weighted by molar-refractivity contribution is -0.0142. The molecule has 0 spiro atoms. The SMILES string of the molecule is CC(C)OCCCN1CCC(C(C)(C)O)CC1. The Bertz CT molecular complexity index is 203. The van der Waals surface area contributed by atoms with Gasteiger partial charge in [0.25, 0.3) is 0 Å². The zero-order valence-electron chi connectivity index (χ0n) is 11.9. The van der Waals surface area contributed by atoms with Gasteiger partial charge in [-0.05, 0) is 66.0 Å². The summed E-state index contributed by atoms with van der Waals surface area (Å²) in [5, 5.41) is 9.97. The van der Waals surface area contributed by atoms with Gasteiger partial charge in [-0.15, -0.1) is 0 Å². The van der Waals surface area contributed by atoms with E-state index in [1.54, 1.807) is 0 Å². The number of hydrogen-bond donors (Lipinski definition) is 1. The van der Waals surface area contributed by atoms with E-state index < -0.39 is 5.60 Å². The quantitative estimate of drug-likeness (QED) is 0.727. The zero-order valence-corrected chi connectivity index (χ0v) is 11.9. The second-order valence-corrected chi connectivity index (χ2v) is 6.04. The molecule has 0 aromatic heterocycles. The van der Waals surface area contributed by atoms with Crippen LogP contribution in [0.1, 0.15) is 47.0 Å². The van der Waals surface area contributed by atoms with E-state index in [2.05, 4.69) is 18.7 Å². The topological polar surface area (TPSA) is 32.7 Å². The fourth-order valence-electron chi connectivity index (χ4n) is 2.47. The van der Waals surface area contributed by atoms with Gasteiger partial charge in [-0.1, -0.05) is 0 Å². The van der Waals surface area contributed by atoms with Crippen molar-refractivity contribution in [2.24, 2.45) is 5.92 Å². The van der Waals surface area contributed by atoms with E-state index >= 15 is 0 Å². The van der Waals surface area contributed by atoms with E-state index in [1.165, 1.54) is 0 Å². The molecule has 1 fully saturated rings. The standard InChI is InChI=1S/C14H29NO2/c1-12(2)17-11-5-8-15-9-6-13(7-10-15)14(3,4)16/h12-13,16H,5-11H2,1-4H3. The normalized spacial score (nSPS) is 20.1. The highest BCUT2D eigenvalue weighted by Gasteiger charge is 2.30. The average Bonchev–Trinajstić information content (AvgIpc) is 2.23. The molecule has 1 N–H and O–H groups in total. The first-order valence-electron chi connectivity index (χ1n) is 6.96. The molecule has 0 unspecified atom stereocenters. The fraction of sp³-hybridized carbons (Fsp3) is 1.00. The summed E-state index contributed by atoms with van der Waals surface area (Å²) in [6.45, 7) is 12.3. The maximum atomic E-state index is 9.97. The van der Waals surface area contributed by atoms with Crippen LogP contribution in [0.3, 0.4) is 0 Å². The summed E-state index contributed by atoms with van der Waals surface area (Å²) in [5.41, 5.74) is -0.507. The summed E-state index contributed by atoms with van der Waals surface area (Å²) in [5.74, 6) is 0.464. The van der Waals surface area contributed by atoms with Crippen molar-refractivity contribution in [3.8, 4) is 0 Å². The lowest BCUT2D eigenvalue weighted by atomic mass is 9.83. The Hall–Kier alpha value is -0.120. The van der Waals surface area contributed by atoms with Gasteiger partial charge in [0.15, 0.2) is 0 Å². The van der Waals surface area contributed by atoms with Crippen LogP contribution in [-0.2, 0) is 4.74 Å². The second-order valence-electron chi connectivity index (χ2n) is 6.04. The van der Waals surface area contributed by atoms with E-state index in [-0.39, 0.29) is 0 Å². The molecule has 1 saturated heterocycles. The molecule has 3 nitrogen and oxygen atoms in total. The Kier molecular flexibility index (Phi) is 5.90. The van der Waals surface area contributed by atoms with Gasteiger partial charge < -0.3 is 14.7 Å². The molecule has 0 aromatic carbocycles. The lowest BCUT2D eigenvalue weighted by Crippen LogP contribution is -2.42. The molecule has 102 valence electrons. The Morgan fingerprint density at radius 3 is 2.35 bits per heavy atom. The zero-order chi connectivity index (χ0) is 12.9. The number of nitrogens with zero attached hydrogens (tertiary/aromatic N) is 1. The van der Waals surface area contributed by atoms with Crippen molar-refractivity contribution in [1.29, 1.82) is 0 Å². The number of likely N-dealkylation sites (tertiary alicyclic amines) is 1. The van der Waals surface area contributed by atoms with E-state index in [4.69, 9.17) is 4.74 Å². The maximum Gasteiger partial charge on any atom is 0.0620 e. The third kappa shape index (κ3) is 5.84. The predicted molar refractivity (Wildman–Crippen MR) is 71.2 cm³/mol. The summed E-state index contributed by atoms with van der Waals surface area (Å²) >= 11 is 0. The van der Waals surface area contributed by atoms with Crippen LogP contribution in [0.15, 0.2) is 0 Å². The van der Waals surface area contributed by atoms with Crippen LogP contribution < -0.4 is 0 Å². The largest absolute Gasteiger partial charge is 0.390 e. The van der Waals surface area contributed by atoms with Gasteiger partial charge in [0.1, 0.15) is 0 Å². The predicted octanol–water partition coefficient (Wildman–Crippen LogP) is 2.28. The van der Waals surface area contributed by atoms with Crippen molar-refractivity contribution >= 4 is 0 Å². The molecule has 1 rings (SSSR count). The van der Waals surface area contributed by atoms with Gasteiger partial charge in [-0.25, -0.2) is 0 Å². The van der Waals surface area contributed by atoms with Crippen LogP contribution >= 0.6 is 0 Å². The molecule has 0 bridgehead atoms. The first-order chi connectivity index (χ1) is 7.89. The van der Waals surface area contributed by atoms with Crippen molar-refractivity contribution in [3.63, 3.8) is 0 Å². The molecular formula is C14H29NO2. The monoisotopic (exact) mass is 243 g/mol. The number of ether oxygens (including phenoxy) is 1. The van der Waals surface area contributed by atoms with E-state index in [1.807, 2.05) is 13.8 Å². The lowest BCUT2D eigenvalue weighted by Gasteiger charge is -2.37. The van der Waals surface area contributed by atoms with Gasteiger partial charge >= 0.3 is 0 Å². The first-order valence-corrected chi connectivity index (χ1v) is 6.96. The smallest absolute Gasteiger partial charge is 0.0620 e. The molecule has 0 saturated carbocycles. The van der Waals surface area contributed by atoms with Crippen molar-refractivity contribution in [3.05, 3.63) is 0 Å². The molecule has 0 amide bonds. The molecule has 0 aromatic rings. The van der Waals surface area contributed by atoms with Crippen molar-refractivity contribution < 1.29 is 9.84 Å². The number of aliphatic hydroxyl groups is 1. The average molecular weight is 243 g/mol. The van der Waals surface area contributed by atoms with Gasteiger partial charge in [0, 0.05) is 13.2 Å². The molecular weight excluding hydrogens is 214 g/mol. The highest BCUT2D eigenvalue weighted by molar-refractivity contribution is 4.82. The van der Waals surface area contributed by atoms with Crippen molar-refractivity contribution in [1.82, 2.24) is 4.90 Å². The Morgan fingerprint density at radius 2 is 1.88 bits per heavy atom. The molecule has 1 heterocycles. The number of piperidine rings is 1. The Morgan fingerprint density at radius 1 is 1.29 bits per heavy atom. The molecule has 1 aliphatic heterocycles. The van der Waals surface area contributed by atoms with Crippen LogP contribution in [0, 0.1) is 5.92 Å². The minimum atomic E-state index is -0.507. The van der Waals surface area contributed by atoms with Crippen LogP contribution in [0.4, 0.5) is 0 Å². The Labute approximate surface area is 106 Å². The molecule has 17 heavy (non-hydrogen) atoms. The molecule has 0 aliphatic carbocycles. The molecule has 0 atom stereocenters. The third-order valence-electron chi connectivity index (χ3n) is 3.66. The van der Waals surface area contributed by atoms with Crippen LogP contribution in [0.25, 0.3) is 0 Å². The third-order valence-corrected chi connectivity index (χ3v) is 3.66. The number of hydrogen-bond acceptors (Lipinski definition) is 3. The maximum absolute atomic E-state index is 9.97. The van der Waals surface area contributed by atoms with Crippen molar-refractivity contribution in [2.45, 2.75) is 58.7 Å². The highest BCUT2D eigenvalue weighted by atomic mass is 16.5. The van der Waals surface area contributed by atoms with Crippen LogP contribution in [0.2, 0.25) is 0 Å². The van der Waals surface area contributed by atoms with E-state index in [9.17, 15) is 5.11 Å². The molecule has 0 radical (unpaired) electrons. The Balaban J connectivity index is 2.11. The van der Waals surface area contributed by atoms with Gasteiger partial charge in [-0.2, -0.15) is 0 Å². The highest BCUT2D eigenvalue weighted by Crippen LogP contribution is 2.27. The van der Waals surface area contributed by atoms with Crippen LogP contribution in [-0.4, -0.2) is 48.0 Å².